The van der Waals surface area contributed by atoms with E-state index in [-0.39, 0.29) is 17.7 Å². The van der Waals surface area contributed by atoms with Gasteiger partial charge in [0.2, 0.25) is 0 Å². The summed E-state index contributed by atoms with van der Waals surface area (Å²) < 4.78 is 13.2. The second-order valence-corrected chi connectivity index (χ2v) is 10.5. The van der Waals surface area contributed by atoms with Gasteiger partial charge in [0.25, 0.3) is 5.56 Å². The van der Waals surface area contributed by atoms with E-state index in [0.29, 0.717) is 37.7 Å². The Morgan fingerprint density at radius 1 is 1.13 bits per heavy atom. The number of esters is 1. The number of rotatable bonds is 7. The van der Waals surface area contributed by atoms with E-state index in [9.17, 15) is 14.4 Å². The smallest absolute Gasteiger partial charge is 0.338 e. The minimum Gasteiger partial charge on any atom is -0.478 e. The Bertz CT molecular complexity index is 1780. The van der Waals surface area contributed by atoms with E-state index in [4.69, 9.17) is 14.3 Å². The number of aromatic carboxylic acids is 1. The highest BCUT2D eigenvalue weighted by Gasteiger charge is 2.33. The molecule has 0 fully saturated rings. The monoisotopic (exact) mass is 560 g/mol. The predicted molar refractivity (Wildman–Crippen MR) is 150 cm³/mol. The number of hydrogen-bond acceptors (Lipinski definition) is 8. The van der Waals surface area contributed by atoms with Gasteiger partial charge in [-0.25, -0.2) is 14.6 Å². The molecule has 2 aromatic carbocycles. The van der Waals surface area contributed by atoms with Gasteiger partial charge < -0.3 is 14.3 Å². The van der Waals surface area contributed by atoms with Gasteiger partial charge in [-0.15, -0.1) is 11.8 Å². The predicted octanol–water partition coefficient (Wildman–Crippen LogP) is 4.48. The van der Waals surface area contributed by atoms with Gasteiger partial charge >= 0.3 is 11.9 Å². The maximum atomic E-state index is 13.7. The SMILES string of the molecule is CCOC(=O)C1=C(C)N=c2s/c(=C\c3ccc(-c4ccc(C(=O)O)cc4)o3)c(=O)n2[C@H]1c1ccc(SC)cc1. The van der Waals surface area contributed by atoms with Crippen molar-refractivity contribution >= 4 is 41.1 Å². The van der Waals surface area contributed by atoms with E-state index >= 15 is 0 Å². The van der Waals surface area contributed by atoms with Gasteiger partial charge in [-0.1, -0.05) is 35.6 Å². The molecule has 1 aliphatic heterocycles. The highest BCUT2D eigenvalue weighted by atomic mass is 32.2. The van der Waals surface area contributed by atoms with Crippen LogP contribution in [-0.4, -0.2) is 34.5 Å². The first-order chi connectivity index (χ1) is 18.8. The lowest BCUT2D eigenvalue weighted by molar-refractivity contribution is -0.139. The van der Waals surface area contributed by atoms with E-state index in [1.54, 1.807) is 60.5 Å². The molecular formula is C29H24N2O6S2. The summed E-state index contributed by atoms with van der Waals surface area (Å²) in [6, 6.07) is 16.9. The fourth-order valence-corrected chi connectivity index (χ4v) is 5.82. The zero-order chi connectivity index (χ0) is 27.7. The molecule has 0 aliphatic carbocycles. The molecule has 1 atom stereocenters. The van der Waals surface area contributed by atoms with Crippen LogP contribution in [0.2, 0.25) is 0 Å². The minimum atomic E-state index is -1.00. The Labute approximate surface area is 231 Å². The number of thiazole rings is 1. The number of carbonyl (C=O) groups is 2. The van der Waals surface area contributed by atoms with Crippen molar-refractivity contribution in [3.05, 3.63) is 109 Å². The fraction of sp³-hybridized carbons (Fsp3) is 0.172. The van der Waals surface area contributed by atoms with Gasteiger partial charge in [-0.3, -0.25) is 9.36 Å². The molecule has 5 rings (SSSR count). The third kappa shape index (κ3) is 5.13. The lowest BCUT2D eigenvalue weighted by atomic mass is 9.96. The van der Waals surface area contributed by atoms with Crippen LogP contribution in [0.5, 0.6) is 0 Å². The Hall–Kier alpha value is -4.15. The van der Waals surface area contributed by atoms with E-state index in [0.717, 1.165) is 10.5 Å². The number of aromatic nitrogens is 1. The molecule has 0 radical (unpaired) electrons. The number of nitrogens with zero attached hydrogens (tertiary/aromatic N) is 2. The van der Waals surface area contributed by atoms with Crippen molar-refractivity contribution in [3.8, 4) is 11.3 Å². The first-order valence-corrected chi connectivity index (χ1v) is 14.1. The van der Waals surface area contributed by atoms with Crippen molar-refractivity contribution in [2.75, 3.05) is 12.9 Å². The zero-order valence-electron chi connectivity index (χ0n) is 21.3. The molecule has 0 saturated carbocycles. The van der Waals surface area contributed by atoms with Crippen molar-refractivity contribution in [3.63, 3.8) is 0 Å². The van der Waals surface area contributed by atoms with Crippen molar-refractivity contribution in [2.24, 2.45) is 4.99 Å². The molecule has 8 nitrogen and oxygen atoms in total. The average molecular weight is 561 g/mol. The molecule has 0 bridgehead atoms. The number of hydrogen-bond donors (Lipinski definition) is 1. The summed E-state index contributed by atoms with van der Waals surface area (Å²) in [4.78, 5) is 44.0. The van der Waals surface area contributed by atoms with E-state index < -0.39 is 18.0 Å². The van der Waals surface area contributed by atoms with E-state index in [1.807, 2.05) is 30.5 Å². The number of furan rings is 1. The van der Waals surface area contributed by atoms with E-state index in [1.165, 1.54) is 23.5 Å². The van der Waals surface area contributed by atoms with Crippen molar-refractivity contribution < 1.29 is 23.8 Å². The molecule has 4 aromatic rings. The molecule has 2 aromatic heterocycles. The normalized spacial score (nSPS) is 15.2. The highest BCUT2D eigenvalue weighted by molar-refractivity contribution is 7.98. The summed E-state index contributed by atoms with van der Waals surface area (Å²) in [5, 5.41) is 9.12. The number of carbonyl (C=O) groups excluding carboxylic acids is 1. The number of fused-ring (bicyclic) bond motifs is 1. The molecule has 0 amide bonds. The Balaban J connectivity index is 1.59. The molecule has 1 N–H and O–H groups in total. The van der Waals surface area contributed by atoms with Gasteiger partial charge in [-0.05, 0) is 62.1 Å². The second-order valence-electron chi connectivity index (χ2n) is 8.66. The zero-order valence-corrected chi connectivity index (χ0v) is 23.0. The molecule has 1 aliphatic rings. The molecular weight excluding hydrogens is 536 g/mol. The van der Waals surface area contributed by atoms with Crippen molar-refractivity contribution in [2.45, 2.75) is 24.8 Å². The summed E-state index contributed by atoms with van der Waals surface area (Å²) >= 11 is 2.82. The summed E-state index contributed by atoms with van der Waals surface area (Å²) in [6.07, 6.45) is 3.63. The maximum absolute atomic E-state index is 13.7. The molecule has 39 heavy (non-hydrogen) atoms. The number of benzene rings is 2. The van der Waals surface area contributed by atoms with Crippen LogP contribution in [0.3, 0.4) is 0 Å². The molecule has 198 valence electrons. The van der Waals surface area contributed by atoms with Gasteiger partial charge in [-0.2, -0.15) is 0 Å². The number of thioether (sulfide) groups is 1. The van der Waals surface area contributed by atoms with Crippen LogP contribution in [-0.2, 0) is 9.53 Å². The quantitative estimate of drug-likeness (QED) is 0.262. The van der Waals surface area contributed by atoms with Crippen molar-refractivity contribution in [1.82, 2.24) is 4.57 Å². The summed E-state index contributed by atoms with van der Waals surface area (Å²) in [7, 11) is 0. The lowest BCUT2D eigenvalue weighted by Crippen LogP contribution is -2.39. The summed E-state index contributed by atoms with van der Waals surface area (Å²) in [6.45, 7) is 3.70. The molecule has 0 spiro atoms. The molecule has 0 saturated heterocycles. The van der Waals surface area contributed by atoms with Crippen LogP contribution in [0.4, 0.5) is 0 Å². The van der Waals surface area contributed by atoms with Crippen LogP contribution >= 0.6 is 23.1 Å². The molecule has 0 unspecified atom stereocenters. The Kier molecular flexibility index (Phi) is 7.40. The molecule has 3 heterocycles. The Morgan fingerprint density at radius 2 is 1.85 bits per heavy atom. The average Bonchev–Trinajstić information content (AvgIpc) is 3.52. The number of carboxylic acids is 1. The Morgan fingerprint density at radius 3 is 2.49 bits per heavy atom. The van der Waals surface area contributed by atoms with Crippen LogP contribution < -0.4 is 14.9 Å². The van der Waals surface area contributed by atoms with E-state index in [2.05, 4.69) is 4.99 Å². The second kappa shape index (κ2) is 10.9. The van der Waals surface area contributed by atoms with Gasteiger partial charge in [0.1, 0.15) is 11.5 Å². The molecule has 10 heteroatoms. The first-order valence-electron chi connectivity index (χ1n) is 12.1. The topological polar surface area (TPSA) is 111 Å². The van der Waals surface area contributed by atoms with Crippen LogP contribution in [0, 0.1) is 0 Å². The van der Waals surface area contributed by atoms with Gasteiger partial charge in [0.15, 0.2) is 4.80 Å². The lowest BCUT2D eigenvalue weighted by Gasteiger charge is -2.24. The maximum Gasteiger partial charge on any atom is 0.338 e. The van der Waals surface area contributed by atoms with Crippen LogP contribution in [0.1, 0.15) is 41.6 Å². The van der Waals surface area contributed by atoms with Gasteiger partial charge in [0.05, 0.1) is 34.0 Å². The number of ether oxygens (including phenoxy) is 1. The summed E-state index contributed by atoms with van der Waals surface area (Å²) in [5.41, 5.74) is 2.22. The van der Waals surface area contributed by atoms with Crippen molar-refractivity contribution in [1.29, 1.82) is 0 Å². The fourth-order valence-electron chi connectivity index (χ4n) is 4.38. The third-order valence-electron chi connectivity index (χ3n) is 6.27. The van der Waals surface area contributed by atoms with Crippen LogP contribution in [0.15, 0.2) is 91.0 Å². The standard InChI is InChI=1S/C29H24N2O6S2/c1-4-36-28(35)24-16(2)30-29-31(25(24)18-9-12-21(38-3)13-10-18)26(32)23(39-29)15-20-11-14-22(37-20)17-5-7-19(8-6-17)27(33)34/h5-15,25H,4H2,1-3H3,(H,33,34)/b23-15-/t25-/m0/s1. The highest BCUT2D eigenvalue weighted by Crippen LogP contribution is 2.31. The number of carboxylic acid groups (broad SMARTS) is 1. The number of allylic oxidation sites excluding steroid dienone is 1. The van der Waals surface area contributed by atoms with Crippen LogP contribution in [0.25, 0.3) is 17.4 Å². The minimum absolute atomic E-state index is 0.182. The first kappa shape index (κ1) is 26.5. The largest absolute Gasteiger partial charge is 0.478 e. The third-order valence-corrected chi connectivity index (χ3v) is 7.99. The van der Waals surface area contributed by atoms with Gasteiger partial charge in [0, 0.05) is 16.5 Å². The summed E-state index contributed by atoms with van der Waals surface area (Å²) in [5.74, 6) is -0.508.